The molecule has 4 rings (SSSR count). The molecule has 1 aromatic carbocycles. The molecule has 1 saturated carbocycles. The summed E-state index contributed by atoms with van der Waals surface area (Å²) in [6.07, 6.45) is 5.96. The summed E-state index contributed by atoms with van der Waals surface area (Å²) in [5, 5.41) is 5.98. The van der Waals surface area contributed by atoms with Gasteiger partial charge in [0.15, 0.2) is 0 Å². The maximum absolute atomic E-state index is 13.1. The molecule has 5 nitrogen and oxygen atoms in total. The maximum Gasteiger partial charge on any atom is 0.227 e. The van der Waals surface area contributed by atoms with E-state index in [1.54, 1.807) is 23.5 Å². The Morgan fingerprint density at radius 1 is 1.17 bits per heavy atom. The van der Waals surface area contributed by atoms with Crippen molar-refractivity contribution < 1.29 is 13.7 Å². The Morgan fingerprint density at radius 3 is 2.69 bits per heavy atom. The van der Waals surface area contributed by atoms with Crippen molar-refractivity contribution >= 4 is 17.2 Å². The van der Waals surface area contributed by atoms with Crippen LogP contribution < -0.4 is 0 Å². The van der Waals surface area contributed by atoms with Crippen LogP contribution in [0.15, 0.2) is 46.3 Å². The number of hydrogen-bond donors (Lipinski definition) is 0. The van der Waals surface area contributed by atoms with E-state index in [0.717, 1.165) is 29.7 Å². The van der Waals surface area contributed by atoms with Crippen molar-refractivity contribution in [2.24, 2.45) is 0 Å². The highest BCUT2D eigenvalue weighted by atomic mass is 32.1. The van der Waals surface area contributed by atoms with Crippen molar-refractivity contribution in [3.63, 3.8) is 0 Å². The largest absolute Gasteiger partial charge is 0.339 e. The van der Waals surface area contributed by atoms with Gasteiger partial charge in [0.2, 0.25) is 17.6 Å². The normalized spacial score (nSPS) is 14.4. The fraction of sp³-hybridized carbons (Fsp3) is 0.409. The number of carbonyl (C=O) groups excluding carboxylic acids is 1. The van der Waals surface area contributed by atoms with Crippen LogP contribution in [-0.2, 0) is 17.6 Å². The molecule has 0 spiro atoms. The van der Waals surface area contributed by atoms with E-state index in [2.05, 4.69) is 10.1 Å². The molecule has 0 unspecified atom stereocenters. The van der Waals surface area contributed by atoms with E-state index < -0.39 is 0 Å². The Bertz CT molecular complexity index is 918. The van der Waals surface area contributed by atoms with Gasteiger partial charge in [0, 0.05) is 25.4 Å². The number of hydrogen-bond acceptors (Lipinski definition) is 5. The van der Waals surface area contributed by atoms with Gasteiger partial charge in [-0.2, -0.15) is 4.98 Å². The molecule has 0 bridgehead atoms. The topological polar surface area (TPSA) is 59.2 Å². The highest BCUT2D eigenvalue weighted by Crippen LogP contribution is 2.25. The van der Waals surface area contributed by atoms with Gasteiger partial charge in [-0.3, -0.25) is 4.79 Å². The Balaban J connectivity index is 1.36. The van der Waals surface area contributed by atoms with Crippen LogP contribution >= 0.6 is 11.3 Å². The number of thiophene rings is 1. The SMILES string of the molecule is O=C(CCc1nc(-c2cccs2)no1)N(CCc1ccc(F)cc1)C1CCCC1. The number of benzene rings is 1. The van der Waals surface area contributed by atoms with Gasteiger partial charge in [-0.05, 0) is 48.4 Å². The molecule has 2 aromatic heterocycles. The van der Waals surface area contributed by atoms with Crippen LogP contribution in [-0.4, -0.2) is 33.5 Å². The molecule has 152 valence electrons. The quantitative estimate of drug-likeness (QED) is 0.528. The summed E-state index contributed by atoms with van der Waals surface area (Å²) >= 11 is 1.56. The molecule has 0 N–H and O–H groups in total. The lowest BCUT2D eigenvalue weighted by atomic mass is 10.1. The Labute approximate surface area is 173 Å². The third-order valence-electron chi connectivity index (χ3n) is 5.40. The number of amides is 1. The van der Waals surface area contributed by atoms with Crippen LogP contribution in [0.4, 0.5) is 4.39 Å². The molecule has 1 aliphatic rings. The van der Waals surface area contributed by atoms with Crippen LogP contribution in [0.2, 0.25) is 0 Å². The summed E-state index contributed by atoms with van der Waals surface area (Å²) in [5.74, 6) is 0.951. The summed E-state index contributed by atoms with van der Waals surface area (Å²) in [4.78, 5) is 20.4. The first-order valence-electron chi connectivity index (χ1n) is 10.1. The molecule has 2 heterocycles. The molecule has 3 aromatic rings. The molecule has 1 fully saturated rings. The van der Waals surface area contributed by atoms with Crippen molar-refractivity contribution in [3.05, 3.63) is 59.0 Å². The van der Waals surface area contributed by atoms with Crippen molar-refractivity contribution in [1.82, 2.24) is 15.0 Å². The predicted octanol–water partition coefficient (Wildman–Crippen LogP) is 4.88. The van der Waals surface area contributed by atoms with Crippen molar-refractivity contribution in [1.29, 1.82) is 0 Å². The summed E-state index contributed by atoms with van der Waals surface area (Å²) in [6.45, 7) is 0.652. The van der Waals surface area contributed by atoms with Gasteiger partial charge < -0.3 is 9.42 Å². The molecule has 0 aliphatic heterocycles. The fourth-order valence-corrected chi connectivity index (χ4v) is 4.50. The smallest absolute Gasteiger partial charge is 0.227 e. The molecule has 0 atom stereocenters. The highest BCUT2D eigenvalue weighted by molar-refractivity contribution is 7.13. The van der Waals surface area contributed by atoms with Crippen molar-refractivity contribution in [2.75, 3.05) is 6.54 Å². The summed E-state index contributed by atoms with van der Waals surface area (Å²) in [6, 6.07) is 10.7. The lowest BCUT2D eigenvalue weighted by molar-refractivity contribution is -0.133. The second-order valence-electron chi connectivity index (χ2n) is 7.39. The third-order valence-corrected chi connectivity index (χ3v) is 6.27. The van der Waals surface area contributed by atoms with Gasteiger partial charge >= 0.3 is 0 Å². The molecular weight excluding hydrogens is 389 g/mol. The first-order valence-corrected chi connectivity index (χ1v) is 11.0. The van der Waals surface area contributed by atoms with Crippen LogP contribution in [0.1, 0.15) is 43.6 Å². The second-order valence-corrected chi connectivity index (χ2v) is 8.34. The molecular formula is C22H24FN3O2S. The lowest BCUT2D eigenvalue weighted by Crippen LogP contribution is -2.40. The van der Waals surface area contributed by atoms with E-state index >= 15 is 0 Å². The van der Waals surface area contributed by atoms with Crippen LogP contribution in [0.25, 0.3) is 10.7 Å². The zero-order valence-electron chi connectivity index (χ0n) is 16.2. The number of aromatic nitrogens is 2. The number of nitrogens with zero attached hydrogens (tertiary/aromatic N) is 3. The van der Waals surface area contributed by atoms with E-state index in [9.17, 15) is 9.18 Å². The predicted molar refractivity (Wildman–Crippen MR) is 110 cm³/mol. The van der Waals surface area contributed by atoms with E-state index in [1.165, 1.54) is 25.0 Å². The zero-order valence-corrected chi connectivity index (χ0v) is 17.0. The molecule has 0 radical (unpaired) electrons. The fourth-order valence-electron chi connectivity index (χ4n) is 3.85. The van der Waals surface area contributed by atoms with Gasteiger partial charge in [-0.25, -0.2) is 4.39 Å². The second kappa shape index (κ2) is 9.31. The Morgan fingerprint density at radius 2 is 1.97 bits per heavy atom. The minimum atomic E-state index is -0.237. The molecule has 29 heavy (non-hydrogen) atoms. The lowest BCUT2D eigenvalue weighted by Gasteiger charge is -2.29. The van der Waals surface area contributed by atoms with E-state index in [4.69, 9.17) is 4.52 Å². The molecule has 1 aliphatic carbocycles. The maximum atomic E-state index is 13.1. The standard InChI is InChI=1S/C22H24FN3O2S/c23-17-9-7-16(8-10-17)13-14-26(18-4-1-2-5-18)21(27)12-11-20-24-22(25-28-20)19-6-3-15-29-19/h3,6-10,15,18H,1-2,4-5,11-14H2. The van der Waals surface area contributed by atoms with Crippen LogP contribution in [0.5, 0.6) is 0 Å². The average Bonchev–Trinajstić information content (AvgIpc) is 3.49. The number of halogens is 1. The molecule has 7 heteroatoms. The first-order chi connectivity index (χ1) is 14.2. The summed E-state index contributed by atoms with van der Waals surface area (Å²) in [7, 11) is 0. The zero-order chi connectivity index (χ0) is 20.1. The van der Waals surface area contributed by atoms with Gasteiger partial charge in [0.25, 0.3) is 0 Å². The van der Waals surface area contributed by atoms with E-state index in [-0.39, 0.29) is 11.7 Å². The van der Waals surface area contributed by atoms with Gasteiger partial charge in [0.05, 0.1) is 4.88 Å². The average molecular weight is 414 g/mol. The first kappa shape index (κ1) is 19.8. The number of rotatable bonds is 8. The van der Waals surface area contributed by atoms with Gasteiger partial charge in [0.1, 0.15) is 5.82 Å². The number of aryl methyl sites for hydroxylation is 1. The minimum absolute atomic E-state index is 0.120. The van der Waals surface area contributed by atoms with Crippen molar-refractivity contribution in [2.45, 2.75) is 51.0 Å². The van der Waals surface area contributed by atoms with Crippen LogP contribution in [0, 0.1) is 5.82 Å². The Hall–Kier alpha value is -2.54. The third kappa shape index (κ3) is 5.09. The molecule has 0 saturated heterocycles. The monoisotopic (exact) mass is 413 g/mol. The van der Waals surface area contributed by atoms with E-state index in [1.807, 2.05) is 22.4 Å². The summed E-state index contributed by atoms with van der Waals surface area (Å²) < 4.78 is 18.5. The van der Waals surface area contributed by atoms with Gasteiger partial charge in [-0.1, -0.05) is 36.2 Å². The highest BCUT2D eigenvalue weighted by Gasteiger charge is 2.26. The van der Waals surface area contributed by atoms with Crippen molar-refractivity contribution in [3.8, 4) is 10.7 Å². The van der Waals surface area contributed by atoms with E-state index in [0.29, 0.717) is 37.1 Å². The van der Waals surface area contributed by atoms with Gasteiger partial charge in [-0.15, -0.1) is 11.3 Å². The molecule has 1 amide bonds. The Kier molecular flexibility index (Phi) is 6.34. The minimum Gasteiger partial charge on any atom is -0.339 e. The number of carbonyl (C=O) groups is 1. The van der Waals surface area contributed by atoms with Crippen LogP contribution in [0.3, 0.4) is 0 Å². The summed E-state index contributed by atoms with van der Waals surface area (Å²) in [5.41, 5.74) is 1.04.